The van der Waals surface area contributed by atoms with E-state index in [1.165, 1.54) is 0 Å². The van der Waals surface area contributed by atoms with Crippen LogP contribution in [0.25, 0.3) is 0 Å². The molecular formula is C19H27NO5. The minimum absolute atomic E-state index is 0.0996. The van der Waals surface area contributed by atoms with E-state index in [0.717, 1.165) is 11.3 Å². The van der Waals surface area contributed by atoms with Gasteiger partial charge in [0.1, 0.15) is 5.75 Å². The second kappa shape index (κ2) is 8.85. The fourth-order valence-corrected chi connectivity index (χ4v) is 2.97. The Labute approximate surface area is 148 Å². The molecule has 0 unspecified atom stereocenters. The molecule has 2 atom stereocenters. The van der Waals surface area contributed by atoms with Gasteiger partial charge in [0.25, 0.3) is 5.91 Å². The number of carboxylic acid groups (broad SMARTS) is 1. The van der Waals surface area contributed by atoms with Gasteiger partial charge in [-0.25, -0.2) is 0 Å². The SMILES string of the molecule is CC[C@H](Oc1ccccc1C(C)C)C(=O)N1CCO[C@H](CC(=O)O)C1. The highest BCUT2D eigenvalue weighted by Gasteiger charge is 2.31. The molecule has 0 radical (unpaired) electrons. The standard InChI is InChI=1S/C19H27NO5/c1-4-16(25-17-8-6-5-7-15(17)13(2)3)19(23)20-9-10-24-14(12-20)11-18(21)22/h5-8,13-14,16H,4,9-12H2,1-3H3,(H,21,22)/t14-,16+/m1/s1. The zero-order valence-corrected chi connectivity index (χ0v) is 15.1. The van der Waals surface area contributed by atoms with Crippen LogP contribution in [0.1, 0.15) is 45.1 Å². The van der Waals surface area contributed by atoms with Crippen molar-refractivity contribution in [3.63, 3.8) is 0 Å². The van der Waals surface area contributed by atoms with E-state index in [2.05, 4.69) is 13.8 Å². The molecule has 1 amide bonds. The van der Waals surface area contributed by atoms with Crippen LogP contribution in [0.3, 0.4) is 0 Å². The van der Waals surface area contributed by atoms with Crippen molar-refractivity contribution in [1.29, 1.82) is 0 Å². The van der Waals surface area contributed by atoms with Crippen LogP contribution in [0.4, 0.5) is 0 Å². The van der Waals surface area contributed by atoms with Crippen molar-refractivity contribution in [3.8, 4) is 5.75 Å². The molecule has 138 valence electrons. The van der Waals surface area contributed by atoms with Gasteiger partial charge in [-0.3, -0.25) is 9.59 Å². The summed E-state index contributed by atoms with van der Waals surface area (Å²) < 4.78 is 11.5. The molecule has 1 aromatic carbocycles. The van der Waals surface area contributed by atoms with Crippen molar-refractivity contribution in [3.05, 3.63) is 29.8 Å². The van der Waals surface area contributed by atoms with E-state index in [1.54, 1.807) is 4.90 Å². The fourth-order valence-electron chi connectivity index (χ4n) is 2.97. The highest BCUT2D eigenvalue weighted by atomic mass is 16.5. The summed E-state index contributed by atoms with van der Waals surface area (Å²) in [5, 5.41) is 8.92. The van der Waals surface area contributed by atoms with Crippen LogP contribution in [-0.2, 0) is 14.3 Å². The molecule has 1 aliphatic heterocycles. The van der Waals surface area contributed by atoms with Gasteiger partial charge in [-0.15, -0.1) is 0 Å². The van der Waals surface area contributed by atoms with Crippen molar-refractivity contribution in [2.45, 2.75) is 51.7 Å². The lowest BCUT2D eigenvalue weighted by molar-refractivity contribution is -0.151. The van der Waals surface area contributed by atoms with E-state index in [-0.39, 0.29) is 18.9 Å². The molecule has 1 N–H and O–H groups in total. The minimum Gasteiger partial charge on any atom is -0.481 e. The summed E-state index contributed by atoms with van der Waals surface area (Å²) >= 11 is 0. The first kappa shape index (κ1) is 19.2. The number of hydrogen-bond donors (Lipinski definition) is 1. The number of ether oxygens (including phenoxy) is 2. The highest BCUT2D eigenvalue weighted by molar-refractivity contribution is 5.81. The molecule has 0 spiro atoms. The normalized spacial score (nSPS) is 18.9. The average molecular weight is 349 g/mol. The molecule has 0 aliphatic carbocycles. The van der Waals surface area contributed by atoms with Gasteiger partial charge in [-0.1, -0.05) is 39.0 Å². The number of carbonyl (C=O) groups excluding carboxylic acids is 1. The maximum atomic E-state index is 12.8. The lowest BCUT2D eigenvalue weighted by atomic mass is 10.0. The molecule has 6 heteroatoms. The predicted molar refractivity (Wildman–Crippen MR) is 93.8 cm³/mol. The molecule has 0 aromatic heterocycles. The third-order valence-corrected chi connectivity index (χ3v) is 4.31. The summed E-state index contributed by atoms with van der Waals surface area (Å²) in [7, 11) is 0. The Morgan fingerprint density at radius 3 is 2.72 bits per heavy atom. The quantitative estimate of drug-likeness (QED) is 0.819. The molecule has 1 aromatic rings. The Hall–Kier alpha value is -2.08. The van der Waals surface area contributed by atoms with E-state index in [9.17, 15) is 9.59 Å². The van der Waals surface area contributed by atoms with E-state index in [4.69, 9.17) is 14.6 Å². The second-order valence-electron chi connectivity index (χ2n) is 6.58. The number of carbonyl (C=O) groups is 2. The number of hydrogen-bond acceptors (Lipinski definition) is 4. The highest BCUT2D eigenvalue weighted by Crippen LogP contribution is 2.27. The fraction of sp³-hybridized carbons (Fsp3) is 0.579. The molecule has 0 saturated carbocycles. The maximum absolute atomic E-state index is 12.8. The van der Waals surface area contributed by atoms with Gasteiger partial charge in [0.15, 0.2) is 6.10 Å². The Morgan fingerprint density at radius 2 is 2.08 bits per heavy atom. The number of rotatable bonds is 7. The van der Waals surface area contributed by atoms with E-state index in [0.29, 0.717) is 25.5 Å². The van der Waals surface area contributed by atoms with Crippen LogP contribution in [0, 0.1) is 0 Å². The number of morpholine rings is 1. The molecule has 25 heavy (non-hydrogen) atoms. The Kier molecular flexibility index (Phi) is 6.82. The van der Waals surface area contributed by atoms with Crippen LogP contribution in [0.15, 0.2) is 24.3 Å². The second-order valence-corrected chi connectivity index (χ2v) is 6.58. The van der Waals surface area contributed by atoms with Crippen LogP contribution in [0.5, 0.6) is 5.75 Å². The summed E-state index contributed by atoms with van der Waals surface area (Å²) in [4.78, 5) is 25.4. The number of para-hydroxylation sites is 1. The largest absolute Gasteiger partial charge is 0.481 e. The molecule has 0 bridgehead atoms. The van der Waals surface area contributed by atoms with Crippen LogP contribution < -0.4 is 4.74 Å². The van der Waals surface area contributed by atoms with Crippen molar-refractivity contribution in [1.82, 2.24) is 4.90 Å². The summed E-state index contributed by atoms with van der Waals surface area (Å²) in [6.07, 6.45) is -0.594. The number of aliphatic carboxylic acids is 1. The number of benzene rings is 1. The van der Waals surface area contributed by atoms with Crippen molar-refractivity contribution < 1.29 is 24.2 Å². The first-order valence-electron chi connectivity index (χ1n) is 8.80. The smallest absolute Gasteiger partial charge is 0.306 e. The zero-order chi connectivity index (χ0) is 18.4. The van der Waals surface area contributed by atoms with Crippen LogP contribution in [-0.4, -0.2) is 53.8 Å². The third-order valence-electron chi connectivity index (χ3n) is 4.31. The Balaban J connectivity index is 2.07. The molecule has 1 fully saturated rings. The molecule has 1 heterocycles. The van der Waals surface area contributed by atoms with Gasteiger partial charge in [0.05, 0.1) is 19.1 Å². The molecule has 6 nitrogen and oxygen atoms in total. The summed E-state index contributed by atoms with van der Waals surface area (Å²) in [6, 6.07) is 7.76. The van der Waals surface area contributed by atoms with Crippen molar-refractivity contribution in [2.24, 2.45) is 0 Å². The van der Waals surface area contributed by atoms with Gasteiger partial charge in [0, 0.05) is 13.1 Å². The van der Waals surface area contributed by atoms with E-state index >= 15 is 0 Å². The van der Waals surface area contributed by atoms with Gasteiger partial charge < -0.3 is 19.5 Å². The molecule has 1 aliphatic rings. The lowest BCUT2D eigenvalue weighted by Crippen LogP contribution is -2.50. The first-order chi connectivity index (χ1) is 11.9. The third kappa shape index (κ3) is 5.19. The van der Waals surface area contributed by atoms with Crippen LogP contribution in [0.2, 0.25) is 0 Å². The van der Waals surface area contributed by atoms with Crippen LogP contribution >= 0.6 is 0 Å². The lowest BCUT2D eigenvalue weighted by Gasteiger charge is -2.34. The number of nitrogens with zero attached hydrogens (tertiary/aromatic N) is 1. The number of carboxylic acids is 1. The number of amides is 1. The van der Waals surface area contributed by atoms with E-state index < -0.39 is 18.2 Å². The monoisotopic (exact) mass is 349 g/mol. The summed E-state index contributed by atoms with van der Waals surface area (Å²) in [5.74, 6) is -0.00612. The van der Waals surface area contributed by atoms with Crippen molar-refractivity contribution >= 4 is 11.9 Å². The first-order valence-corrected chi connectivity index (χ1v) is 8.80. The molecular weight excluding hydrogens is 322 g/mol. The summed E-state index contributed by atoms with van der Waals surface area (Å²) in [5.41, 5.74) is 1.07. The van der Waals surface area contributed by atoms with Gasteiger partial charge in [-0.2, -0.15) is 0 Å². The Bertz CT molecular complexity index is 601. The zero-order valence-electron chi connectivity index (χ0n) is 15.1. The maximum Gasteiger partial charge on any atom is 0.306 e. The van der Waals surface area contributed by atoms with Crippen molar-refractivity contribution in [2.75, 3.05) is 19.7 Å². The van der Waals surface area contributed by atoms with Gasteiger partial charge in [0.2, 0.25) is 0 Å². The van der Waals surface area contributed by atoms with E-state index in [1.807, 2.05) is 31.2 Å². The topological polar surface area (TPSA) is 76.1 Å². The predicted octanol–water partition coefficient (Wildman–Crippen LogP) is 2.67. The molecule has 2 rings (SSSR count). The van der Waals surface area contributed by atoms with Gasteiger partial charge >= 0.3 is 5.97 Å². The Morgan fingerprint density at radius 1 is 1.36 bits per heavy atom. The minimum atomic E-state index is -0.923. The average Bonchev–Trinajstić information content (AvgIpc) is 2.59. The van der Waals surface area contributed by atoms with Gasteiger partial charge in [-0.05, 0) is 24.0 Å². The summed E-state index contributed by atoms with van der Waals surface area (Å²) in [6.45, 7) is 7.18. The molecule has 1 saturated heterocycles.